The van der Waals surface area contributed by atoms with Gasteiger partial charge in [-0.1, -0.05) is 49.4 Å². The molecular formula is C25H36N2O3. The van der Waals surface area contributed by atoms with Gasteiger partial charge < -0.3 is 19.7 Å². The number of carbonyl (C=O) groups excluding carboxylic acids is 1. The van der Waals surface area contributed by atoms with Crippen LogP contribution in [0.3, 0.4) is 0 Å². The molecule has 5 heteroatoms. The predicted molar refractivity (Wildman–Crippen MR) is 119 cm³/mol. The SMILES string of the molecule is C=CCOC(=O)N(CC1(COCC2CCC2)CCNCC1)[C@@H]1C[C@@H]1c1ccccc1. The smallest absolute Gasteiger partial charge is 0.410 e. The molecule has 2 aliphatic carbocycles. The topological polar surface area (TPSA) is 50.8 Å². The molecule has 0 radical (unpaired) electrons. The maximum atomic E-state index is 13.0. The molecule has 1 N–H and O–H groups in total. The maximum absolute atomic E-state index is 13.0. The van der Waals surface area contributed by atoms with E-state index in [0.717, 1.165) is 51.5 Å². The summed E-state index contributed by atoms with van der Waals surface area (Å²) in [4.78, 5) is 15.0. The first kappa shape index (κ1) is 21.4. The maximum Gasteiger partial charge on any atom is 0.410 e. The quantitative estimate of drug-likeness (QED) is 0.581. The first-order chi connectivity index (χ1) is 14.7. The van der Waals surface area contributed by atoms with Crippen LogP contribution in [0.25, 0.3) is 0 Å². The number of hydrogen-bond acceptors (Lipinski definition) is 4. The van der Waals surface area contributed by atoms with Crippen molar-refractivity contribution in [3.63, 3.8) is 0 Å². The van der Waals surface area contributed by atoms with Gasteiger partial charge in [0.2, 0.25) is 0 Å². The third kappa shape index (κ3) is 5.25. The summed E-state index contributed by atoms with van der Waals surface area (Å²) in [6.07, 6.45) is 8.44. The van der Waals surface area contributed by atoms with Gasteiger partial charge in [-0.15, -0.1) is 0 Å². The molecule has 5 nitrogen and oxygen atoms in total. The Hall–Kier alpha value is -1.85. The monoisotopic (exact) mass is 412 g/mol. The zero-order valence-electron chi connectivity index (χ0n) is 18.1. The van der Waals surface area contributed by atoms with Gasteiger partial charge in [-0.2, -0.15) is 0 Å². The first-order valence-electron chi connectivity index (χ1n) is 11.6. The van der Waals surface area contributed by atoms with Crippen molar-refractivity contribution in [3.05, 3.63) is 48.6 Å². The molecule has 1 saturated heterocycles. The number of ether oxygens (including phenoxy) is 2. The van der Waals surface area contributed by atoms with Crippen molar-refractivity contribution in [2.75, 3.05) is 39.5 Å². The van der Waals surface area contributed by atoms with Crippen LogP contribution in [0.1, 0.15) is 50.0 Å². The van der Waals surface area contributed by atoms with E-state index in [2.05, 4.69) is 36.2 Å². The zero-order chi connectivity index (χ0) is 20.8. The Morgan fingerprint density at radius 1 is 1.23 bits per heavy atom. The van der Waals surface area contributed by atoms with Gasteiger partial charge in [-0.25, -0.2) is 4.79 Å². The van der Waals surface area contributed by atoms with Crippen molar-refractivity contribution in [1.82, 2.24) is 10.2 Å². The van der Waals surface area contributed by atoms with Crippen molar-refractivity contribution in [2.45, 2.75) is 50.5 Å². The van der Waals surface area contributed by atoms with Crippen LogP contribution in [-0.2, 0) is 9.47 Å². The molecule has 30 heavy (non-hydrogen) atoms. The minimum absolute atomic E-state index is 0.00598. The van der Waals surface area contributed by atoms with Crippen LogP contribution >= 0.6 is 0 Å². The Morgan fingerprint density at radius 2 is 2.00 bits per heavy atom. The first-order valence-corrected chi connectivity index (χ1v) is 11.6. The molecule has 1 aliphatic heterocycles. The summed E-state index contributed by atoms with van der Waals surface area (Å²) in [5.74, 6) is 1.14. The van der Waals surface area contributed by atoms with Crippen molar-refractivity contribution >= 4 is 6.09 Å². The molecule has 3 aliphatic rings. The largest absolute Gasteiger partial charge is 0.445 e. The molecule has 1 amide bonds. The molecule has 4 rings (SSSR count). The number of rotatable bonds is 10. The van der Waals surface area contributed by atoms with Crippen molar-refractivity contribution in [1.29, 1.82) is 0 Å². The molecule has 0 bridgehead atoms. The van der Waals surface area contributed by atoms with Crippen LogP contribution in [0.15, 0.2) is 43.0 Å². The van der Waals surface area contributed by atoms with Gasteiger partial charge in [-0.3, -0.25) is 0 Å². The molecule has 0 unspecified atom stereocenters. The molecule has 0 aromatic heterocycles. The van der Waals surface area contributed by atoms with E-state index in [1.165, 1.54) is 24.8 Å². The van der Waals surface area contributed by atoms with E-state index in [0.29, 0.717) is 12.5 Å². The molecule has 164 valence electrons. The lowest BCUT2D eigenvalue weighted by molar-refractivity contribution is -0.0215. The van der Waals surface area contributed by atoms with E-state index in [1.54, 1.807) is 6.08 Å². The highest BCUT2D eigenvalue weighted by Crippen LogP contribution is 2.46. The van der Waals surface area contributed by atoms with E-state index in [-0.39, 0.29) is 24.2 Å². The third-order valence-electron chi connectivity index (χ3n) is 7.10. The fourth-order valence-corrected chi connectivity index (χ4v) is 4.88. The standard InChI is InChI=1S/C25H36N2O3/c1-2-15-30-24(28)27(23-16-22(23)21-9-4-3-5-10-21)18-25(11-13-26-14-12-25)19-29-17-20-7-6-8-20/h2-5,9-10,20,22-23,26H,1,6-8,11-19H2/t22-,23-/m1/s1. The van der Waals surface area contributed by atoms with Gasteiger partial charge in [0.05, 0.1) is 6.61 Å². The fraction of sp³-hybridized carbons (Fsp3) is 0.640. The lowest BCUT2D eigenvalue weighted by Gasteiger charge is -2.41. The van der Waals surface area contributed by atoms with E-state index in [9.17, 15) is 4.79 Å². The summed E-state index contributed by atoms with van der Waals surface area (Å²) >= 11 is 0. The average molecular weight is 413 g/mol. The van der Waals surface area contributed by atoms with Gasteiger partial charge in [0, 0.05) is 30.5 Å². The number of carbonyl (C=O) groups is 1. The third-order valence-corrected chi connectivity index (χ3v) is 7.10. The molecule has 1 aromatic carbocycles. The highest BCUT2D eigenvalue weighted by molar-refractivity contribution is 5.69. The van der Waals surface area contributed by atoms with E-state index >= 15 is 0 Å². The molecule has 1 aromatic rings. The van der Waals surface area contributed by atoms with Crippen LogP contribution in [-0.4, -0.2) is 56.5 Å². The van der Waals surface area contributed by atoms with E-state index in [1.807, 2.05) is 11.0 Å². The van der Waals surface area contributed by atoms with Crippen LogP contribution in [0.4, 0.5) is 4.79 Å². The molecule has 0 spiro atoms. The van der Waals surface area contributed by atoms with E-state index in [4.69, 9.17) is 9.47 Å². The minimum atomic E-state index is -0.213. The summed E-state index contributed by atoms with van der Waals surface area (Å²) in [7, 11) is 0. The van der Waals surface area contributed by atoms with Crippen molar-refractivity contribution < 1.29 is 14.3 Å². The summed E-state index contributed by atoms with van der Waals surface area (Å²) in [5, 5.41) is 3.47. The van der Waals surface area contributed by atoms with Crippen LogP contribution in [0, 0.1) is 11.3 Å². The Kier molecular flexibility index (Phi) is 7.11. The molecule has 2 saturated carbocycles. The Bertz CT molecular complexity index is 698. The van der Waals surface area contributed by atoms with Crippen LogP contribution < -0.4 is 5.32 Å². The van der Waals surface area contributed by atoms with Gasteiger partial charge in [0.15, 0.2) is 0 Å². The second-order valence-electron chi connectivity index (χ2n) is 9.38. The van der Waals surface area contributed by atoms with Crippen LogP contribution in [0.5, 0.6) is 0 Å². The number of nitrogens with zero attached hydrogens (tertiary/aromatic N) is 1. The summed E-state index contributed by atoms with van der Waals surface area (Å²) in [6, 6.07) is 10.7. The summed E-state index contributed by atoms with van der Waals surface area (Å²) in [6.45, 7) is 8.22. The summed E-state index contributed by atoms with van der Waals surface area (Å²) in [5.41, 5.74) is 1.32. The number of hydrogen-bond donors (Lipinski definition) is 1. The number of nitrogens with one attached hydrogen (secondary N) is 1. The van der Waals surface area contributed by atoms with Gasteiger partial charge in [0.1, 0.15) is 6.61 Å². The molecule has 3 fully saturated rings. The normalized spacial score (nSPS) is 25.2. The fourth-order valence-electron chi connectivity index (χ4n) is 4.88. The highest BCUT2D eigenvalue weighted by Gasteiger charge is 2.48. The number of amides is 1. The lowest BCUT2D eigenvalue weighted by atomic mass is 9.79. The molecule has 1 heterocycles. The van der Waals surface area contributed by atoms with Gasteiger partial charge in [-0.05, 0) is 56.7 Å². The second-order valence-corrected chi connectivity index (χ2v) is 9.38. The van der Waals surface area contributed by atoms with Gasteiger partial charge in [0.25, 0.3) is 0 Å². The van der Waals surface area contributed by atoms with Crippen molar-refractivity contribution in [2.24, 2.45) is 11.3 Å². The number of piperidine rings is 1. The highest BCUT2D eigenvalue weighted by atomic mass is 16.6. The van der Waals surface area contributed by atoms with E-state index < -0.39 is 0 Å². The minimum Gasteiger partial charge on any atom is -0.445 e. The molecule has 2 atom stereocenters. The Labute approximate surface area is 180 Å². The summed E-state index contributed by atoms with van der Waals surface area (Å²) < 4.78 is 11.7. The zero-order valence-corrected chi connectivity index (χ0v) is 18.1. The Balaban J connectivity index is 1.45. The van der Waals surface area contributed by atoms with Crippen LogP contribution in [0.2, 0.25) is 0 Å². The predicted octanol–water partition coefficient (Wildman–Crippen LogP) is 4.35. The Morgan fingerprint density at radius 3 is 2.67 bits per heavy atom. The number of benzene rings is 1. The second kappa shape index (κ2) is 9.97. The lowest BCUT2D eigenvalue weighted by Crippen LogP contribution is -2.50. The molecular weight excluding hydrogens is 376 g/mol. The van der Waals surface area contributed by atoms with Gasteiger partial charge >= 0.3 is 6.09 Å². The average Bonchev–Trinajstić information content (AvgIpc) is 3.54. The van der Waals surface area contributed by atoms with Crippen molar-refractivity contribution in [3.8, 4) is 0 Å².